The van der Waals surface area contributed by atoms with Crippen molar-refractivity contribution in [1.82, 2.24) is 0 Å². The topological polar surface area (TPSA) is 72.5 Å². The van der Waals surface area contributed by atoms with Crippen molar-refractivity contribution in [3.63, 3.8) is 0 Å². The van der Waals surface area contributed by atoms with Gasteiger partial charge in [0.2, 0.25) is 0 Å². The van der Waals surface area contributed by atoms with Crippen LogP contribution in [0, 0.1) is 0 Å². The zero-order valence-electron chi connectivity index (χ0n) is 33.9. The molecule has 0 unspecified atom stereocenters. The molecule has 0 bridgehead atoms. The number of carbonyl (C=O) groups excluding carboxylic acids is 1. The molecule has 2 aliphatic heterocycles. The third-order valence-electron chi connectivity index (χ3n) is 11.4. The van der Waals surface area contributed by atoms with Gasteiger partial charge in [-0.3, -0.25) is 4.79 Å². The van der Waals surface area contributed by atoms with Gasteiger partial charge in [0.1, 0.15) is 30.0 Å². The molecule has 0 aliphatic carbocycles. The lowest BCUT2D eigenvalue weighted by molar-refractivity contribution is -0.273. The van der Waals surface area contributed by atoms with Crippen molar-refractivity contribution in [1.29, 1.82) is 0 Å². The molecule has 2 heterocycles. The van der Waals surface area contributed by atoms with Gasteiger partial charge in [0, 0.05) is 10.1 Å². The lowest BCUT2D eigenvalue weighted by Gasteiger charge is -2.62. The third kappa shape index (κ3) is 7.42. The van der Waals surface area contributed by atoms with Gasteiger partial charge in [0.05, 0.1) is 20.1 Å². The Kier molecular flexibility index (Phi) is 11.5. The molecule has 10 heteroatoms. The molecule has 50 heavy (non-hydrogen) atoms. The maximum Gasteiger partial charge on any atom is 0.349 e. The number of esters is 1. The fourth-order valence-electron chi connectivity index (χ4n) is 8.03. The average molecular weight is 743 g/mol. The van der Waals surface area contributed by atoms with Crippen LogP contribution < -0.4 is 10.4 Å². The monoisotopic (exact) mass is 742 g/mol. The summed E-state index contributed by atoms with van der Waals surface area (Å²) < 4.78 is 42.7. The molecule has 2 saturated heterocycles. The van der Waals surface area contributed by atoms with E-state index in [4.69, 9.17) is 27.2 Å². The van der Waals surface area contributed by atoms with Gasteiger partial charge in [-0.15, -0.1) is 0 Å². The molecular weight excluding hydrogens is 677 g/mol. The van der Waals surface area contributed by atoms with E-state index in [0.29, 0.717) is 6.61 Å². The van der Waals surface area contributed by atoms with Crippen LogP contribution in [-0.4, -0.2) is 74.9 Å². The van der Waals surface area contributed by atoms with Gasteiger partial charge >= 0.3 is 14.5 Å². The van der Waals surface area contributed by atoms with Gasteiger partial charge in [-0.2, -0.15) is 0 Å². The second-order valence-electron chi connectivity index (χ2n) is 19.3. The summed E-state index contributed by atoms with van der Waals surface area (Å²) in [4.78, 5) is 13.3. The zero-order valence-corrected chi connectivity index (χ0v) is 36.9. The normalized spacial score (nSPS) is 26.6. The van der Waals surface area contributed by atoms with Crippen LogP contribution in [0.15, 0.2) is 60.7 Å². The summed E-state index contributed by atoms with van der Waals surface area (Å²) in [5, 5.41) is 1.39. The minimum absolute atomic E-state index is 0.00767. The maximum absolute atomic E-state index is 13.3. The number of hydrogen-bond acceptors (Lipinski definition) is 7. The minimum Gasteiger partial charge on any atom is -0.469 e. The average Bonchev–Trinajstić information content (AvgIpc) is 2.99. The van der Waals surface area contributed by atoms with Crippen molar-refractivity contribution in [3.8, 4) is 0 Å². The number of carbonyl (C=O) groups is 1. The van der Waals surface area contributed by atoms with Crippen LogP contribution in [0.4, 0.5) is 0 Å². The van der Waals surface area contributed by atoms with Crippen molar-refractivity contribution in [2.45, 2.75) is 160 Å². The highest BCUT2D eigenvalue weighted by Crippen LogP contribution is 2.57. The molecule has 2 aromatic rings. The van der Waals surface area contributed by atoms with E-state index in [-0.39, 0.29) is 32.5 Å². The summed E-state index contributed by atoms with van der Waals surface area (Å²) >= 11 is 0. The SMILES string of the molecule is COC(=O)C[C@@]1(C)O[C@@H]2CO[Si](C(C)(C)C)(C(C)(C)C)O[C@H]2[C@H](O[Si](c2ccccc2)(c2ccccc2)C(C)(C)C)[C@H]1O[Si](C)(C)C(C)(C)C. The van der Waals surface area contributed by atoms with E-state index in [9.17, 15) is 4.79 Å². The molecule has 4 rings (SSSR count). The van der Waals surface area contributed by atoms with Crippen LogP contribution in [0.3, 0.4) is 0 Å². The number of rotatable bonds is 8. The van der Waals surface area contributed by atoms with E-state index >= 15 is 0 Å². The molecule has 0 aromatic heterocycles. The first-order valence-electron chi connectivity index (χ1n) is 18.3. The minimum atomic E-state index is -3.17. The molecule has 0 N–H and O–H groups in total. The van der Waals surface area contributed by atoms with E-state index in [2.05, 4.69) is 157 Å². The van der Waals surface area contributed by atoms with Crippen molar-refractivity contribution in [2.24, 2.45) is 0 Å². The Hall–Kier alpha value is -1.64. The Morgan fingerprint density at radius 2 is 1.28 bits per heavy atom. The number of ether oxygens (including phenoxy) is 2. The lowest BCUT2D eigenvalue weighted by atomic mass is 9.84. The molecule has 0 amide bonds. The largest absolute Gasteiger partial charge is 0.469 e. The van der Waals surface area contributed by atoms with E-state index in [1.165, 1.54) is 17.5 Å². The number of benzene rings is 2. The highest BCUT2D eigenvalue weighted by Gasteiger charge is 2.68. The molecule has 2 aromatic carbocycles. The van der Waals surface area contributed by atoms with Crippen LogP contribution >= 0.6 is 0 Å². The Bertz CT molecular complexity index is 1400. The molecule has 5 atom stereocenters. The lowest BCUT2D eigenvalue weighted by Crippen LogP contribution is -2.78. The van der Waals surface area contributed by atoms with Crippen LogP contribution in [-0.2, 0) is 32.0 Å². The Balaban J connectivity index is 2.09. The zero-order chi connectivity index (χ0) is 37.8. The Morgan fingerprint density at radius 1 is 0.800 bits per heavy atom. The van der Waals surface area contributed by atoms with Gasteiger partial charge in [0.25, 0.3) is 8.32 Å². The second-order valence-corrected chi connectivity index (χ2v) is 33.0. The van der Waals surface area contributed by atoms with Gasteiger partial charge < -0.3 is 27.2 Å². The molecule has 2 aliphatic rings. The Labute approximate surface area is 306 Å². The van der Waals surface area contributed by atoms with Crippen LogP contribution in [0.1, 0.15) is 96.4 Å². The molecule has 0 saturated carbocycles. The summed E-state index contributed by atoms with van der Waals surface area (Å²) in [5.74, 6) is -0.357. The molecule has 0 spiro atoms. The van der Waals surface area contributed by atoms with Crippen molar-refractivity contribution in [3.05, 3.63) is 60.7 Å². The smallest absolute Gasteiger partial charge is 0.349 e. The number of fused-ring (bicyclic) bond motifs is 1. The summed E-state index contributed by atoms with van der Waals surface area (Å²) in [6.07, 6.45) is -2.22. The molecule has 280 valence electrons. The summed E-state index contributed by atoms with van der Waals surface area (Å²) in [5.41, 5.74) is -1.09. The van der Waals surface area contributed by atoms with Gasteiger partial charge in [-0.05, 0) is 40.5 Å². The van der Waals surface area contributed by atoms with Crippen LogP contribution in [0.5, 0.6) is 0 Å². The Morgan fingerprint density at radius 3 is 1.68 bits per heavy atom. The molecule has 0 radical (unpaired) electrons. The van der Waals surface area contributed by atoms with E-state index in [1.807, 2.05) is 6.92 Å². The second kappa shape index (κ2) is 14.0. The van der Waals surface area contributed by atoms with Crippen LogP contribution in [0.25, 0.3) is 0 Å². The fraction of sp³-hybridized carbons (Fsp3) is 0.675. The van der Waals surface area contributed by atoms with Crippen molar-refractivity contribution in [2.75, 3.05) is 13.7 Å². The molecule has 2 fully saturated rings. The number of methoxy groups -OCH3 is 1. The molecule has 7 nitrogen and oxygen atoms in total. The standard InChI is InChI=1S/C40H66O7Si3/c1-36(2,3)48(15,16)47-35-34(45-49(37(4,5)6,29-23-19-17-20-24-29)30-25-21-18-22-26-30)33-31(44-40(35,13)27-32(41)42-14)28-43-50(46-33,38(7,8)9)39(10,11)12/h17-26,31,33-35H,27-28H2,1-16H3/t31-,33-,34+,35-,40-/m1/s1. The molecular formula is C40H66O7Si3. The van der Waals surface area contributed by atoms with Gasteiger partial charge in [-0.1, -0.05) is 144 Å². The first-order valence-corrected chi connectivity index (χ1v) is 24.9. The van der Waals surface area contributed by atoms with Crippen molar-refractivity contribution >= 4 is 41.5 Å². The highest BCUT2D eigenvalue weighted by atomic mass is 28.4. The number of hydrogen-bond donors (Lipinski definition) is 0. The maximum atomic E-state index is 13.3. The van der Waals surface area contributed by atoms with Gasteiger partial charge in [0.15, 0.2) is 8.32 Å². The van der Waals surface area contributed by atoms with E-state index in [1.54, 1.807) is 0 Å². The first kappa shape index (κ1) is 41.1. The summed E-state index contributed by atoms with van der Waals surface area (Å²) in [6.45, 7) is 33.8. The van der Waals surface area contributed by atoms with Gasteiger partial charge in [-0.25, -0.2) is 0 Å². The highest BCUT2D eigenvalue weighted by molar-refractivity contribution is 6.99. The predicted octanol–water partition coefficient (Wildman–Crippen LogP) is 8.50. The van der Waals surface area contributed by atoms with E-state index < -0.39 is 55.2 Å². The first-order chi connectivity index (χ1) is 22.8. The van der Waals surface area contributed by atoms with Crippen molar-refractivity contribution < 1.29 is 32.0 Å². The summed E-state index contributed by atoms with van der Waals surface area (Å²) in [7, 11) is -7.25. The predicted molar refractivity (Wildman–Crippen MR) is 210 cm³/mol. The van der Waals surface area contributed by atoms with Crippen LogP contribution in [0.2, 0.25) is 33.2 Å². The summed E-state index contributed by atoms with van der Waals surface area (Å²) in [6, 6.07) is 21.4. The van der Waals surface area contributed by atoms with E-state index in [0.717, 1.165) is 0 Å². The quantitative estimate of drug-likeness (QED) is 0.199. The third-order valence-corrected chi connectivity index (χ3v) is 26.0. The fourth-order valence-corrected chi connectivity index (χ4v) is 19.0.